The van der Waals surface area contributed by atoms with Gasteiger partial charge in [-0.3, -0.25) is 0 Å². The lowest BCUT2D eigenvalue weighted by atomic mass is 9.82. The molecule has 2 aromatic carbocycles. The van der Waals surface area contributed by atoms with E-state index in [9.17, 15) is 10.2 Å². The van der Waals surface area contributed by atoms with Crippen LogP contribution in [0.5, 0.6) is 11.5 Å². The maximum absolute atomic E-state index is 11.1. The van der Waals surface area contributed by atoms with Crippen LogP contribution < -0.4 is 11.5 Å². The summed E-state index contributed by atoms with van der Waals surface area (Å²) in [4.78, 5) is 0. The van der Waals surface area contributed by atoms with E-state index in [-0.39, 0.29) is 48.4 Å². The Morgan fingerprint density at radius 1 is 0.767 bits per heavy atom. The highest BCUT2D eigenvalue weighted by Gasteiger charge is 2.34. The number of fused-ring (bicyclic) bond motifs is 1. The molecule has 2 aromatic rings. The summed E-state index contributed by atoms with van der Waals surface area (Å²) in [5.41, 5.74) is 14.8. The van der Waals surface area contributed by atoms with E-state index in [0.717, 1.165) is 34.7 Å². The smallest absolute Gasteiger partial charge is 0.128 e. The molecule has 2 aliphatic rings. The molecular weight excluding hydrogens is 419 g/mol. The van der Waals surface area contributed by atoms with Gasteiger partial charge >= 0.3 is 0 Å². The van der Waals surface area contributed by atoms with Crippen molar-refractivity contribution in [3.8, 4) is 11.5 Å². The van der Waals surface area contributed by atoms with Crippen molar-refractivity contribution in [2.75, 3.05) is 0 Å². The second-order valence-electron chi connectivity index (χ2n) is 9.29. The summed E-state index contributed by atoms with van der Waals surface area (Å²) in [6.45, 7) is 4.50. The molecule has 2 aliphatic carbocycles. The lowest BCUT2D eigenvalue weighted by Gasteiger charge is -2.27. The molecule has 6 atom stereocenters. The van der Waals surface area contributed by atoms with E-state index in [4.69, 9.17) is 11.5 Å². The standard InChI is InChI=1S/C24H34N2O2.2ClH/c1-13-5-3-7-15(13)22(25)19-10-9-17-18(24(19)28)11-12-20(27)21(17)23(26)16-8-4-6-14(16)2;;/h9-16,22-23,27-28H,3-8,25-26H2,1-2H3;2*1H. The number of rotatable bonds is 4. The predicted octanol–water partition coefficient (Wildman–Crippen LogP) is 5.97. The van der Waals surface area contributed by atoms with Crippen LogP contribution in [0.15, 0.2) is 24.3 Å². The van der Waals surface area contributed by atoms with E-state index in [1.165, 1.54) is 25.7 Å². The second kappa shape index (κ2) is 9.95. The molecule has 6 heteroatoms. The Morgan fingerprint density at radius 2 is 1.30 bits per heavy atom. The lowest BCUT2D eigenvalue weighted by molar-refractivity contribution is 0.341. The van der Waals surface area contributed by atoms with Gasteiger partial charge in [-0.15, -0.1) is 24.8 Å². The summed E-state index contributed by atoms with van der Waals surface area (Å²) in [7, 11) is 0. The van der Waals surface area contributed by atoms with Crippen LogP contribution >= 0.6 is 24.8 Å². The van der Waals surface area contributed by atoms with Crippen molar-refractivity contribution in [1.29, 1.82) is 0 Å². The van der Waals surface area contributed by atoms with Crippen LogP contribution in [0.4, 0.5) is 0 Å². The number of halogens is 2. The van der Waals surface area contributed by atoms with E-state index in [0.29, 0.717) is 23.7 Å². The lowest BCUT2D eigenvalue weighted by Crippen LogP contribution is -2.24. The van der Waals surface area contributed by atoms with E-state index in [1.54, 1.807) is 12.1 Å². The average molecular weight is 455 g/mol. The third kappa shape index (κ3) is 4.25. The van der Waals surface area contributed by atoms with Crippen molar-refractivity contribution in [2.45, 2.75) is 64.5 Å². The SMILES string of the molecule is CC1CCCC1C(N)c1ccc2c(C(N)C3CCCC3C)c(O)ccc2c1O.Cl.Cl. The first-order valence-corrected chi connectivity index (χ1v) is 10.9. The van der Waals surface area contributed by atoms with Gasteiger partial charge in [0.25, 0.3) is 0 Å². The Kier molecular flexibility index (Phi) is 8.31. The first kappa shape index (κ1) is 25.1. The Balaban J connectivity index is 0.00000160. The third-order valence-corrected chi connectivity index (χ3v) is 7.69. The predicted molar refractivity (Wildman–Crippen MR) is 129 cm³/mol. The van der Waals surface area contributed by atoms with Crippen LogP contribution in [0.1, 0.15) is 75.6 Å². The van der Waals surface area contributed by atoms with Crippen LogP contribution in [0.25, 0.3) is 10.8 Å². The molecule has 0 aromatic heterocycles. The number of aromatic hydroxyl groups is 2. The van der Waals surface area contributed by atoms with E-state index in [1.807, 2.05) is 12.1 Å². The van der Waals surface area contributed by atoms with Gasteiger partial charge in [0.05, 0.1) is 0 Å². The topological polar surface area (TPSA) is 92.5 Å². The summed E-state index contributed by atoms with van der Waals surface area (Å²) in [6, 6.07) is 7.02. The highest BCUT2D eigenvalue weighted by molar-refractivity contribution is 5.94. The molecule has 0 bridgehead atoms. The van der Waals surface area contributed by atoms with Crippen LogP contribution in [-0.2, 0) is 0 Å². The molecule has 2 fully saturated rings. The van der Waals surface area contributed by atoms with Gasteiger partial charge in [0.2, 0.25) is 0 Å². The van der Waals surface area contributed by atoms with Crippen LogP contribution in [-0.4, -0.2) is 10.2 Å². The zero-order chi connectivity index (χ0) is 20.0. The van der Waals surface area contributed by atoms with Gasteiger partial charge in [-0.05, 0) is 54.0 Å². The molecule has 2 saturated carbocycles. The maximum Gasteiger partial charge on any atom is 0.128 e. The van der Waals surface area contributed by atoms with Gasteiger partial charge < -0.3 is 21.7 Å². The van der Waals surface area contributed by atoms with Gasteiger partial charge in [0.1, 0.15) is 11.5 Å². The van der Waals surface area contributed by atoms with E-state index < -0.39 is 0 Å². The molecule has 0 radical (unpaired) electrons. The van der Waals surface area contributed by atoms with Crippen molar-refractivity contribution in [2.24, 2.45) is 35.1 Å². The second-order valence-corrected chi connectivity index (χ2v) is 9.29. The molecule has 0 heterocycles. The fraction of sp³-hybridized carbons (Fsp3) is 0.583. The summed E-state index contributed by atoms with van der Waals surface area (Å²) < 4.78 is 0. The van der Waals surface area contributed by atoms with Crippen LogP contribution in [0, 0.1) is 23.7 Å². The molecule has 0 aliphatic heterocycles. The Morgan fingerprint density at radius 3 is 1.83 bits per heavy atom. The number of phenols is 2. The molecule has 6 unspecified atom stereocenters. The van der Waals surface area contributed by atoms with Gasteiger partial charge in [-0.25, -0.2) is 0 Å². The fourth-order valence-electron chi connectivity index (χ4n) is 5.90. The zero-order valence-electron chi connectivity index (χ0n) is 17.9. The molecular formula is C24H36Cl2N2O2. The summed E-state index contributed by atoms with van der Waals surface area (Å²) in [5, 5.41) is 23.3. The first-order valence-electron chi connectivity index (χ1n) is 10.9. The molecule has 0 saturated heterocycles. The monoisotopic (exact) mass is 454 g/mol. The molecule has 4 nitrogen and oxygen atoms in total. The van der Waals surface area contributed by atoms with E-state index >= 15 is 0 Å². The number of benzene rings is 2. The van der Waals surface area contributed by atoms with Gasteiger partial charge in [-0.2, -0.15) is 0 Å². The highest BCUT2D eigenvalue weighted by Crippen LogP contribution is 2.47. The fourth-order valence-corrected chi connectivity index (χ4v) is 5.90. The molecule has 6 N–H and O–H groups in total. The Bertz CT molecular complexity index is 876. The summed E-state index contributed by atoms with van der Waals surface area (Å²) in [5.74, 6) is 2.37. The van der Waals surface area contributed by atoms with Crippen molar-refractivity contribution >= 4 is 35.6 Å². The normalized spacial score (nSPS) is 28.0. The molecule has 0 spiro atoms. The first-order chi connectivity index (χ1) is 13.4. The van der Waals surface area contributed by atoms with Crippen LogP contribution in [0.2, 0.25) is 0 Å². The number of hydrogen-bond acceptors (Lipinski definition) is 4. The highest BCUT2D eigenvalue weighted by atomic mass is 35.5. The average Bonchev–Trinajstić information content (AvgIpc) is 3.29. The molecule has 4 rings (SSSR count). The quantitative estimate of drug-likeness (QED) is 0.457. The number of nitrogens with two attached hydrogens (primary N) is 2. The minimum absolute atomic E-state index is 0. The van der Waals surface area contributed by atoms with Crippen molar-refractivity contribution in [3.05, 3.63) is 35.4 Å². The molecule has 168 valence electrons. The Labute approximate surface area is 192 Å². The van der Waals surface area contributed by atoms with E-state index in [2.05, 4.69) is 13.8 Å². The Hall–Kier alpha value is -1.20. The minimum atomic E-state index is -0.227. The third-order valence-electron chi connectivity index (χ3n) is 7.69. The number of hydrogen-bond donors (Lipinski definition) is 4. The van der Waals surface area contributed by atoms with Crippen molar-refractivity contribution < 1.29 is 10.2 Å². The largest absolute Gasteiger partial charge is 0.508 e. The van der Waals surface area contributed by atoms with Gasteiger partial charge in [0.15, 0.2) is 0 Å². The van der Waals surface area contributed by atoms with Gasteiger partial charge in [-0.1, -0.05) is 51.7 Å². The summed E-state index contributed by atoms with van der Waals surface area (Å²) >= 11 is 0. The molecule has 0 amide bonds. The van der Waals surface area contributed by atoms with Crippen molar-refractivity contribution in [1.82, 2.24) is 0 Å². The van der Waals surface area contributed by atoms with Gasteiger partial charge in [0, 0.05) is 28.6 Å². The van der Waals surface area contributed by atoms with Crippen LogP contribution in [0.3, 0.4) is 0 Å². The molecule has 30 heavy (non-hydrogen) atoms. The number of phenolic OH excluding ortho intramolecular Hbond substituents is 2. The minimum Gasteiger partial charge on any atom is -0.508 e. The van der Waals surface area contributed by atoms with Crippen molar-refractivity contribution in [3.63, 3.8) is 0 Å². The maximum atomic E-state index is 11.1. The summed E-state index contributed by atoms with van der Waals surface area (Å²) in [6.07, 6.45) is 7.00. The zero-order valence-corrected chi connectivity index (χ0v) is 19.5.